The van der Waals surface area contributed by atoms with Crippen LogP contribution in [0.3, 0.4) is 0 Å². The molecule has 0 aliphatic heterocycles. The van der Waals surface area contributed by atoms with Gasteiger partial charge in [0.2, 0.25) is 10.0 Å². The number of nitrogens with one attached hydrogen (secondary N) is 1. The summed E-state index contributed by atoms with van der Waals surface area (Å²) in [6.07, 6.45) is 2.51. The summed E-state index contributed by atoms with van der Waals surface area (Å²) in [5, 5.41) is 0.411. The monoisotopic (exact) mass is 354 g/mol. The van der Waals surface area contributed by atoms with Gasteiger partial charge in [-0.05, 0) is 37.0 Å². The second-order valence-electron chi connectivity index (χ2n) is 4.53. The number of hydrogen-bond acceptors (Lipinski definition) is 4. The molecule has 120 valence electrons. The van der Waals surface area contributed by atoms with Crippen molar-refractivity contribution < 1.29 is 13.2 Å². The number of unbranched alkanes of at least 4 members (excludes halogenated alkanes) is 2. The molecule has 3 N–H and O–H groups in total. The maximum atomic E-state index is 12.2. The Morgan fingerprint density at radius 1 is 1.24 bits per heavy atom. The molecule has 0 radical (unpaired) electrons. The van der Waals surface area contributed by atoms with Gasteiger partial charge in [0, 0.05) is 31.8 Å². The van der Waals surface area contributed by atoms with Crippen LogP contribution >= 0.6 is 23.2 Å². The molecule has 5 nitrogen and oxygen atoms in total. The molecule has 0 aliphatic carbocycles. The highest BCUT2D eigenvalue weighted by atomic mass is 35.5. The largest absolute Gasteiger partial charge is 0.385 e. The van der Waals surface area contributed by atoms with Crippen molar-refractivity contribution in [3.05, 3.63) is 27.7 Å². The molecule has 1 rings (SSSR count). The van der Waals surface area contributed by atoms with E-state index in [1.165, 1.54) is 6.07 Å². The third-order valence-corrected chi connectivity index (χ3v) is 5.17. The van der Waals surface area contributed by atoms with Crippen molar-refractivity contribution >= 4 is 33.2 Å². The third-order valence-electron chi connectivity index (χ3n) is 2.91. The summed E-state index contributed by atoms with van der Waals surface area (Å²) in [6.45, 7) is 1.14. The highest BCUT2D eigenvalue weighted by Crippen LogP contribution is 2.29. The lowest BCUT2D eigenvalue weighted by Gasteiger charge is -2.11. The lowest BCUT2D eigenvalue weighted by molar-refractivity contribution is 0.192. The molecule has 0 fully saturated rings. The van der Waals surface area contributed by atoms with Gasteiger partial charge in [-0.2, -0.15) is 0 Å². The molecular weight excluding hydrogens is 335 g/mol. The molecule has 0 spiro atoms. The standard InChI is InChI=1S/C13H20Cl2N2O3S/c1-20-6-4-2-3-5-17-21(18,19)12-8-11(14)7-10(9-16)13(12)15/h7-8,17H,2-6,9,16H2,1H3. The molecule has 0 saturated carbocycles. The van der Waals surface area contributed by atoms with Gasteiger partial charge in [-0.3, -0.25) is 0 Å². The first-order chi connectivity index (χ1) is 9.92. The minimum atomic E-state index is -3.69. The fraction of sp³-hybridized carbons (Fsp3) is 0.538. The van der Waals surface area contributed by atoms with E-state index in [4.69, 9.17) is 33.7 Å². The summed E-state index contributed by atoms with van der Waals surface area (Å²) in [4.78, 5) is -0.0333. The van der Waals surface area contributed by atoms with Crippen molar-refractivity contribution in [1.82, 2.24) is 4.72 Å². The van der Waals surface area contributed by atoms with E-state index >= 15 is 0 Å². The Morgan fingerprint density at radius 3 is 2.57 bits per heavy atom. The van der Waals surface area contributed by atoms with E-state index in [0.717, 1.165) is 19.3 Å². The van der Waals surface area contributed by atoms with Crippen LogP contribution in [0.15, 0.2) is 17.0 Å². The summed E-state index contributed by atoms with van der Waals surface area (Å²) in [6, 6.07) is 2.89. The number of nitrogens with two attached hydrogens (primary N) is 1. The molecule has 0 amide bonds. The highest BCUT2D eigenvalue weighted by molar-refractivity contribution is 7.89. The van der Waals surface area contributed by atoms with Gasteiger partial charge in [0.1, 0.15) is 4.90 Å². The second-order valence-corrected chi connectivity index (χ2v) is 7.08. The van der Waals surface area contributed by atoms with Crippen LogP contribution in [0.2, 0.25) is 10.0 Å². The van der Waals surface area contributed by atoms with Gasteiger partial charge in [0.15, 0.2) is 0 Å². The normalized spacial score (nSPS) is 11.8. The molecule has 8 heteroatoms. The Balaban J connectivity index is 2.72. The second kappa shape index (κ2) is 8.92. The van der Waals surface area contributed by atoms with E-state index in [-0.39, 0.29) is 16.5 Å². The van der Waals surface area contributed by atoms with Crippen LogP contribution in [0, 0.1) is 0 Å². The van der Waals surface area contributed by atoms with Crippen LogP contribution in [0.5, 0.6) is 0 Å². The van der Waals surface area contributed by atoms with Crippen LogP contribution < -0.4 is 10.5 Å². The van der Waals surface area contributed by atoms with Crippen LogP contribution in [-0.2, 0) is 21.3 Å². The van der Waals surface area contributed by atoms with E-state index in [1.807, 2.05) is 0 Å². The highest BCUT2D eigenvalue weighted by Gasteiger charge is 2.20. The first kappa shape index (κ1) is 18.7. The topological polar surface area (TPSA) is 81.4 Å². The van der Waals surface area contributed by atoms with Gasteiger partial charge in [-0.1, -0.05) is 23.2 Å². The maximum Gasteiger partial charge on any atom is 0.242 e. The summed E-state index contributed by atoms with van der Waals surface area (Å²) < 4.78 is 31.9. The summed E-state index contributed by atoms with van der Waals surface area (Å²) in [5.74, 6) is 0. The van der Waals surface area contributed by atoms with Crippen molar-refractivity contribution in [3.8, 4) is 0 Å². The Kier molecular flexibility index (Phi) is 7.94. The zero-order chi connectivity index (χ0) is 15.9. The summed E-state index contributed by atoms with van der Waals surface area (Å²) in [5.41, 5.74) is 6.03. The van der Waals surface area contributed by atoms with E-state index in [0.29, 0.717) is 23.7 Å². The van der Waals surface area contributed by atoms with Gasteiger partial charge in [0.25, 0.3) is 0 Å². The van der Waals surface area contributed by atoms with Crippen LogP contribution in [0.4, 0.5) is 0 Å². The molecular formula is C13H20Cl2N2O3S. The molecule has 1 aromatic carbocycles. The molecule has 0 bridgehead atoms. The first-order valence-electron chi connectivity index (χ1n) is 6.59. The predicted octanol–water partition coefficient (Wildman–Crippen LogP) is 2.55. The zero-order valence-corrected chi connectivity index (χ0v) is 14.2. The fourth-order valence-electron chi connectivity index (χ4n) is 1.79. The van der Waals surface area contributed by atoms with E-state index in [9.17, 15) is 8.42 Å². The summed E-state index contributed by atoms with van der Waals surface area (Å²) >= 11 is 12.0. The average molecular weight is 355 g/mol. The Bertz CT molecular complexity index is 565. The Labute approximate surface area is 135 Å². The average Bonchev–Trinajstić information content (AvgIpc) is 2.44. The number of benzene rings is 1. The minimum Gasteiger partial charge on any atom is -0.385 e. The maximum absolute atomic E-state index is 12.2. The summed E-state index contributed by atoms with van der Waals surface area (Å²) in [7, 11) is -2.05. The lowest BCUT2D eigenvalue weighted by atomic mass is 10.2. The molecule has 0 atom stereocenters. The first-order valence-corrected chi connectivity index (χ1v) is 8.83. The van der Waals surface area contributed by atoms with Crippen molar-refractivity contribution in [2.75, 3.05) is 20.3 Å². The Morgan fingerprint density at radius 2 is 1.95 bits per heavy atom. The smallest absolute Gasteiger partial charge is 0.242 e. The number of ether oxygens (including phenoxy) is 1. The predicted molar refractivity (Wildman–Crippen MR) is 85.3 cm³/mol. The number of halogens is 2. The van der Waals surface area contributed by atoms with Crippen LogP contribution in [0.1, 0.15) is 24.8 Å². The van der Waals surface area contributed by atoms with Crippen molar-refractivity contribution in [3.63, 3.8) is 0 Å². The number of methoxy groups -OCH3 is 1. The molecule has 0 heterocycles. The quantitative estimate of drug-likeness (QED) is 0.667. The molecule has 21 heavy (non-hydrogen) atoms. The number of sulfonamides is 1. The minimum absolute atomic E-state index is 0.0333. The lowest BCUT2D eigenvalue weighted by Crippen LogP contribution is -2.25. The molecule has 0 unspecified atom stereocenters. The molecule has 0 saturated heterocycles. The zero-order valence-electron chi connectivity index (χ0n) is 11.9. The molecule has 0 aliphatic rings. The number of rotatable bonds is 9. The van der Waals surface area contributed by atoms with E-state index < -0.39 is 10.0 Å². The van der Waals surface area contributed by atoms with Crippen LogP contribution in [0.25, 0.3) is 0 Å². The van der Waals surface area contributed by atoms with Crippen molar-refractivity contribution in [2.24, 2.45) is 5.73 Å². The molecule has 1 aromatic rings. The van der Waals surface area contributed by atoms with Crippen molar-refractivity contribution in [2.45, 2.75) is 30.7 Å². The van der Waals surface area contributed by atoms with E-state index in [2.05, 4.69) is 4.72 Å². The van der Waals surface area contributed by atoms with Gasteiger partial charge in [-0.15, -0.1) is 0 Å². The van der Waals surface area contributed by atoms with Gasteiger partial charge in [-0.25, -0.2) is 13.1 Å². The molecule has 0 aromatic heterocycles. The number of hydrogen-bond donors (Lipinski definition) is 2. The van der Waals surface area contributed by atoms with Crippen molar-refractivity contribution in [1.29, 1.82) is 0 Å². The Hall–Kier alpha value is -0.370. The van der Waals surface area contributed by atoms with E-state index in [1.54, 1.807) is 13.2 Å². The fourth-order valence-corrected chi connectivity index (χ4v) is 3.81. The van der Waals surface area contributed by atoms with Gasteiger partial charge in [0.05, 0.1) is 5.02 Å². The SMILES string of the molecule is COCCCCCNS(=O)(=O)c1cc(Cl)cc(CN)c1Cl. The van der Waals surface area contributed by atoms with Gasteiger partial charge >= 0.3 is 0 Å². The van der Waals surface area contributed by atoms with Crippen LogP contribution in [-0.4, -0.2) is 28.7 Å². The van der Waals surface area contributed by atoms with Gasteiger partial charge < -0.3 is 10.5 Å². The third kappa shape index (κ3) is 5.73.